The summed E-state index contributed by atoms with van der Waals surface area (Å²) in [5.41, 5.74) is 8.48. The van der Waals surface area contributed by atoms with Crippen molar-refractivity contribution < 1.29 is 7.59 Å². The highest BCUT2D eigenvalue weighted by Crippen LogP contribution is 2.29. The third-order valence-corrected chi connectivity index (χ3v) is 3.98. The summed E-state index contributed by atoms with van der Waals surface area (Å²) >= 11 is 0. The monoisotopic (exact) mass is 328 g/mol. The number of hydrogen-bond donors (Lipinski definition) is 3. The van der Waals surface area contributed by atoms with E-state index >= 15 is 0 Å². The Hall–Kier alpha value is -2.56. The number of benzene rings is 1. The predicted molar refractivity (Wildman–Crippen MR) is 102 cm³/mol. The molecule has 1 fully saturated rings. The molecule has 1 aromatic carbocycles. The van der Waals surface area contributed by atoms with Gasteiger partial charge in [-0.25, -0.2) is 4.98 Å². The Labute approximate surface area is 145 Å². The van der Waals surface area contributed by atoms with Crippen LogP contribution in [-0.4, -0.2) is 23.3 Å². The number of pyridine rings is 1. The molecule has 4 N–H and O–H groups in total. The molecule has 1 aliphatic carbocycles. The van der Waals surface area contributed by atoms with Crippen LogP contribution in [0, 0.1) is 11.3 Å². The Bertz CT molecular complexity index is 748. The molecular weight excluding hydrogens is 300 g/mol. The molecule has 3 rings (SSSR count). The van der Waals surface area contributed by atoms with Crippen LogP contribution in [0.2, 0.25) is 0 Å². The number of anilines is 2. The van der Waals surface area contributed by atoms with Gasteiger partial charge in [-0.2, -0.15) is 0 Å². The SMILES string of the molecule is CC(C)Oc1ccc(N)c(C(=N)c2ccnc(NCC3CC3)c2)c1.[HH].[HH]. The van der Waals surface area contributed by atoms with E-state index in [0.717, 1.165) is 29.6 Å². The average molecular weight is 328 g/mol. The standard InChI is InChI=1S/C19H24N4O.2H2/c1-12(2)24-15-5-6-17(20)16(10-15)19(21)14-7-8-22-18(9-14)23-11-13-3-4-13;;/h5-10,12-13,21H,3-4,11,20H2,1-2H3,(H,22,23);2*1H. The zero-order chi connectivity index (χ0) is 17.1. The maximum absolute atomic E-state index is 8.53. The largest absolute Gasteiger partial charge is 0.491 e. The van der Waals surface area contributed by atoms with Gasteiger partial charge in [0.2, 0.25) is 0 Å². The Balaban J connectivity index is 0.00000169. The molecule has 1 heterocycles. The lowest BCUT2D eigenvalue weighted by Gasteiger charge is -2.14. The first-order valence-corrected chi connectivity index (χ1v) is 8.38. The van der Waals surface area contributed by atoms with Crippen LogP contribution in [0.5, 0.6) is 5.75 Å². The topological polar surface area (TPSA) is 84.0 Å². The summed E-state index contributed by atoms with van der Waals surface area (Å²) in [6, 6.07) is 9.19. The molecule has 0 unspecified atom stereocenters. The molecular formula is C19H28N4O. The van der Waals surface area contributed by atoms with Crippen LogP contribution in [0.25, 0.3) is 0 Å². The summed E-state index contributed by atoms with van der Waals surface area (Å²) in [5, 5.41) is 11.9. The van der Waals surface area contributed by atoms with E-state index in [4.69, 9.17) is 15.9 Å². The summed E-state index contributed by atoms with van der Waals surface area (Å²) in [5.74, 6) is 2.30. The maximum Gasteiger partial charge on any atom is 0.126 e. The van der Waals surface area contributed by atoms with Gasteiger partial charge in [0.25, 0.3) is 0 Å². The van der Waals surface area contributed by atoms with Crippen molar-refractivity contribution >= 4 is 17.2 Å². The summed E-state index contributed by atoms with van der Waals surface area (Å²) in [6.07, 6.45) is 4.39. The van der Waals surface area contributed by atoms with E-state index in [0.29, 0.717) is 17.0 Å². The fourth-order valence-corrected chi connectivity index (χ4v) is 2.51. The first-order chi connectivity index (χ1) is 11.5. The summed E-state index contributed by atoms with van der Waals surface area (Å²) < 4.78 is 5.71. The molecule has 24 heavy (non-hydrogen) atoms. The highest BCUT2D eigenvalue weighted by atomic mass is 16.5. The fourth-order valence-electron chi connectivity index (χ4n) is 2.51. The molecule has 1 aromatic heterocycles. The van der Waals surface area contributed by atoms with Gasteiger partial charge in [-0.1, -0.05) is 0 Å². The van der Waals surface area contributed by atoms with Crippen molar-refractivity contribution in [2.24, 2.45) is 5.92 Å². The van der Waals surface area contributed by atoms with Crippen LogP contribution in [0.4, 0.5) is 11.5 Å². The van der Waals surface area contributed by atoms with E-state index in [9.17, 15) is 0 Å². The minimum Gasteiger partial charge on any atom is -0.491 e. The van der Waals surface area contributed by atoms with Crippen LogP contribution < -0.4 is 15.8 Å². The summed E-state index contributed by atoms with van der Waals surface area (Å²) in [7, 11) is 0. The van der Waals surface area contributed by atoms with Gasteiger partial charge in [0.15, 0.2) is 0 Å². The number of rotatable bonds is 7. The molecule has 1 saturated carbocycles. The molecule has 0 bridgehead atoms. The third-order valence-electron chi connectivity index (χ3n) is 3.98. The highest BCUT2D eigenvalue weighted by molar-refractivity contribution is 6.14. The van der Waals surface area contributed by atoms with Gasteiger partial charge in [0.05, 0.1) is 11.8 Å². The molecule has 0 spiro atoms. The number of ether oxygens (including phenoxy) is 1. The lowest BCUT2D eigenvalue weighted by molar-refractivity contribution is 0.242. The van der Waals surface area contributed by atoms with Crippen molar-refractivity contribution in [2.45, 2.75) is 32.8 Å². The number of hydrogen-bond acceptors (Lipinski definition) is 5. The van der Waals surface area contributed by atoms with Crippen molar-refractivity contribution in [3.05, 3.63) is 47.7 Å². The smallest absolute Gasteiger partial charge is 0.126 e. The van der Waals surface area contributed by atoms with Gasteiger partial charge < -0.3 is 15.8 Å². The van der Waals surface area contributed by atoms with E-state index in [1.807, 2.05) is 38.1 Å². The molecule has 5 heteroatoms. The van der Waals surface area contributed by atoms with Crippen molar-refractivity contribution in [1.29, 1.82) is 5.41 Å². The van der Waals surface area contributed by atoms with Crippen LogP contribution in [-0.2, 0) is 0 Å². The molecule has 1 aliphatic rings. The first kappa shape index (κ1) is 16.3. The van der Waals surface area contributed by atoms with E-state index < -0.39 is 0 Å². The van der Waals surface area contributed by atoms with Crippen LogP contribution >= 0.6 is 0 Å². The van der Waals surface area contributed by atoms with Crippen LogP contribution in [0.15, 0.2) is 36.5 Å². The molecule has 0 saturated heterocycles. The Morgan fingerprint density at radius 3 is 2.88 bits per heavy atom. The molecule has 0 radical (unpaired) electrons. The van der Waals surface area contributed by atoms with Crippen LogP contribution in [0.3, 0.4) is 0 Å². The Morgan fingerprint density at radius 1 is 1.38 bits per heavy atom. The summed E-state index contributed by atoms with van der Waals surface area (Å²) in [4.78, 5) is 4.33. The number of nitrogens with one attached hydrogen (secondary N) is 2. The molecule has 0 amide bonds. The average Bonchev–Trinajstić information content (AvgIpc) is 3.38. The molecule has 0 aliphatic heterocycles. The fraction of sp³-hybridized carbons (Fsp3) is 0.368. The van der Waals surface area contributed by atoms with E-state index in [1.165, 1.54) is 12.8 Å². The summed E-state index contributed by atoms with van der Waals surface area (Å²) in [6.45, 7) is 4.90. The van der Waals surface area contributed by atoms with Crippen molar-refractivity contribution in [3.63, 3.8) is 0 Å². The first-order valence-electron chi connectivity index (χ1n) is 8.38. The van der Waals surface area contributed by atoms with Crippen LogP contribution in [0.1, 0.15) is 40.7 Å². The Kier molecular flexibility index (Phi) is 4.69. The quantitative estimate of drug-likeness (QED) is 0.526. The minimum atomic E-state index is 0. The van der Waals surface area contributed by atoms with Crippen molar-refractivity contribution in [2.75, 3.05) is 17.6 Å². The zero-order valence-corrected chi connectivity index (χ0v) is 14.2. The highest BCUT2D eigenvalue weighted by Gasteiger charge is 2.20. The maximum atomic E-state index is 8.53. The van der Waals surface area contributed by atoms with Crippen molar-refractivity contribution in [3.8, 4) is 5.75 Å². The van der Waals surface area contributed by atoms with Gasteiger partial charge >= 0.3 is 0 Å². The third kappa shape index (κ3) is 4.04. The van der Waals surface area contributed by atoms with E-state index in [-0.39, 0.29) is 8.96 Å². The lowest BCUT2D eigenvalue weighted by Crippen LogP contribution is -2.10. The van der Waals surface area contributed by atoms with Gasteiger partial charge in [0, 0.05) is 32.4 Å². The van der Waals surface area contributed by atoms with E-state index in [1.54, 1.807) is 12.3 Å². The second kappa shape index (κ2) is 6.91. The molecule has 5 nitrogen and oxygen atoms in total. The van der Waals surface area contributed by atoms with Crippen molar-refractivity contribution in [1.82, 2.24) is 4.98 Å². The number of nitrogens with two attached hydrogens (primary N) is 1. The predicted octanol–water partition coefficient (Wildman–Crippen LogP) is 4.18. The van der Waals surface area contributed by atoms with Gasteiger partial charge in [-0.15, -0.1) is 0 Å². The number of aromatic nitrogens is 1. The normalized spacial score (nSPS) is 13.8. The number of nitrogen functional groups attached to an aromatic ring is 1. The second-order valence-corrected chi connectivity index (χ2v) is 6.54. The molecule has 0 atom stereocenters. The lowest BCUT2D eigenvalue weighted by atomic mass is 10.0. The molecule has 130 valence electrons. The Morgan fingerprint density at radius 2 is 2.17 bits per heavy atom. The van der Waals surface area contributed by atoms with Gasteiger partial charge in [-0.3, -0.25) is 5.41 Å². The second-order valence-electron chi connectivity index (χ2n) is 6.54. The number of nitrogens with zero attached hydrogens (tertiary/aromatic N) is 1. The van der Waals surface area contributed by atoms with Gasteiger partial charge in [-0.05, 0) is 62.9 Å². The van der Waals surface area contributed by atoms with Gasteiger partial charge in [0.1, 0.15) is 11.6 Å². The molecule has 2 aromatic rings. The van der Waals surface area contributed by atoms with E-state index in [2.05, 4.69) is 10.3 Å². The zero-order valence-electron chi connectivity index (χ0n) is 14.2. The minimum absolute atomic E-state index is 0.